The van der Waals surface area contributed by atoms with E-state index >= 15 is 0 Å². The zero-order chi connectivity index (χ0) is 14.7. The predicted molar refractivity (Wildman–Crippen MR) is 72.6 cm³/mol. The molecule has 1 heterocycles. The van der Waals surface area contributed by atoms with Crippen LogP contribution in [-0.2, 0) is 6.54 Å². The monoisotopic (exact) mass is 273 g/mol. The predicted octanol–water partition coefficient (Wildman–Crippen LogP) is 2.56. The summed E-state index contributed by atoms with van der Waals surface area (Å²) < 4.78 is 5.18. The number of nitrogens with zero attached hydrogens (tertiary/aromatic N) is 1. The summed E-state index contributed by atoms with van der Waals surface area (Å²) in [5.41, 5.74) is 1.09. The van der Waals surface area contributed by atoms with Gasteiger partial charge in [-0.3, -0.25) is 4.79 Å². The van der Waals surface area contributed by atoms with Crippen molar-refractivity contribution in [3.63, 3.8) is 0 Å². The Morgan fingerprint density at radius 2 is 1.85 bits per heavy atom. The first-order valence-electron chi connectivity index (χ1n) is 6.11. The van der Waals surface area contributed by atoms with E-state index in [4.69, 9.17) is 9.52 Å². The number of carbonyl (C=O) groups excluding carboxylic acids is 1. The van der Waals surface area contributed by atoms with Crippen molar-refractivity contribution in [2.45, 2.75) is 13.5 Å². The van der Waals surface area contributed by atoms with Crippen molar-refractivity contribution < 1.29 is 19.1 Å². The molecule has 0 fully saturated rings. The maximum Gasteiger partial charge on any atom is 0.336 e. The second-order valence-electron chi connectivity index (χ2n) is 4.51. The largest absolute Gasteiger partial charge is 0.478 e. The summed E-state index contributed by atoms with van der Waals surface area (Å²) in [5, 5.41) is 9.11. The summed E-state index contributed by atoms with van der Waals surface area (Å²) in [6, 6.07) is 7.98. The van der Waals surface area contributed by atoms with Crippen LogP contribution in [0.3, 0.4) is 0 Å². The number of furan rings is 1. The molecule has 0 radical (unpaired) electrons. The molecule has 0 saturated carbocycles. The Kier molecular flexibility index (Phi) is 3.89. The maximum atomic E-state index is 12.3. The molecule has 2 aromatic rings. The van der Waals surface area contributed by atoms with E-state index in [1.807, 2.05) is 6.92 Å². The third-order valence-corrected chi connectivity index (χ3v) is 3.11. The van der Waals surface area contributed by atoms with Gasteiger partial charge in [0.25, 0.3) is 5.91 Å². The van der Waals surface area contributed by atoms with Crippen LogP contribution in [0.15, 0.2) is 41.0 Å². The molecule has 1 amide bonds. The van der Waals surface area contributed by atoms with Crippen LogP contribution in [0, 0.1) is 6.92 Å². The van der Waals surface area contributed by atoms with Crippen LogP contribution in [0.25, 0.3) is 0 Å². The highest BCUT2D eigenvalue weighted by molar-refractivity contribution is 6.04. The molecule has 2 rings (SSSR count). The number of amides is 1. The molecule has 1 N–H and O–H groups in total. The van der Waals surface area contributed by atoms with Gasteiger partial charge in [0.05, 0.1) is 17.4 Å². The summed E-state index contributed by atoms with van der Waals surface area (Å²) in [7, 11) is 1.63. The molecule has 104 valence electrons. The fourth-order valence-corrected chi connectivity index (χ4v) is 1.96. The molecule has 0 aliphatic carbocycles. The second-order valence-corrected chi connectivity index (χ2v) is 4.51. The zero-order valence-electron chi connectivity index (χ0n) is 11.3. The molecule has 0 aliphatic heterocycles. The summed E-state index contributed by atoms with van der Waals surface area (Å²) in [6.07, 6.45) is 1.56. The number of benzene rings is 1. The van der Waals surface area contributed by atoms with Gasteiger partial charge in [-0.2, -0.15) is 0 Å². The third kappa shape index (κ3) is 2.71. The summed E-state index contributed by atoms with van der Waals surface area (Å²) >= 11 is 0. The molecule has 0 unspecified atom stereocenters. The fourth-order valence-electron chi connectivity index (χ4n) is 1.96. The van der Waals surface area contributed by atoms with Gasteiger partial charge in [-0.1, -0.05) is 12.1 Å². The van der Waals surface area contributed by atoms with Gasteiger partial charge in [-0.15, -0.1) is 0 Å². The van der Waals surface area contributed by atoms with E-state index < -0.39 is 5.97 Å². The number of aromatic carboxylic acids is 1. The highest BCUT2D eigenvalue weighted by Crippen LogP contribution is 2.15. The van der Waals surface area contributed by atoms with Gasteiger partial charge in [0.2, 0.25) is 0 Å². The van der Waals surface area contributed by atoms with Gasteiger partial charge < -0.3 is 14.4 Å². The fraction of sp³-hybridized carbons (Fsp3) is 0.200. The van der Waals surface area contributed by atoms with Gasteiger partial charge >= 0.3 is 5.97 Å². The minimum atomic E-state index is -1.11. The molecule has 1 aromatic heterocycles. The first-order valence-corrected chi connectivity index (χ1v) is 6.11. The van der Waals surface area contributed by atoms with E-state index in [2.05, 4.69) is 0 Å². The van der Waals surface area contributed by atoms with E-state index in [1.165, 1.54) is 17.0 Å². The summed E-state index contributed by atoms with van der Waals surface area (Å²) in [4.78, 5) is 24.9. The lowest BCUT2D eigenvalue weighted by molar-refractivity contribution is 0.0680. The van der Waals surface area contributed by atoms with Crippen LogP contribution >= 0.6 is 0 Å². The summed E-state index contributed by atoms with van der Waals surface area (Å²) in [6.45, 7) is 2.19. The molecular formula is C15H15NO4. The number of carboxylic acid groups (broad SMARTS) is 1. The van der Waals surface area contributed by atoms with Gasteiger partial charge in [0, 0.05) is 19.2 Å². The SMILES string of the molecule is Cc1occc1CN(C)C(=O)c1ccccc1C(=O)O. The number of hydrogen-bond donors (Lipinski definition) is 1. The molecule has 0 spiro atoms. The molecule has 0 bridgehead atoms. The molecule has 5 nitrogen and oxygen atoms in total. The van der Waals surface area contributed by atoms with Crippen molar-refractivity contribution in [3.8, 4) is 0 Å². The first-order chi connectivity index (χ1) is 9.50. The quantitative estimate of drug-likeness (QED) is 0.929. The number of aryl methyl sites for hydroxylation is 1. The Morgan fingerprint density at radius 3 is 2.40 bits per heavy atom. The van der Waals surface area contributed by atoms with Gasteiger partial charge in [0.15, 0.2) is 0 Å². The zero-order valence-corrected chi connectivity index (χ0v) is 11.3. The standard InChI is InChI=1S/C15H15NO4/c1-10-11(7-8-20-10)9-16(2)14(17)12-5-3-4-6-13(12)15(18)19/h3-8H,9H2,1-2H3,(H,18,19). The normalized spacial score (nSPS) is 10.3. The number of carbonyl (C=O) groups is 2. The molecule has 0 aliphatic rings. The van der Waals surface area contributed by atoms with E-state index in [0.29, 0.717) is 6.54 Å². The van der Waals surface area contributed by atoms with Crippen molar-refractivity contribution in [3.05, 3.63) is 59.0 Å². The van der Waals surface area contributed by atoms with Crippen LogP contribution in [0.2, 0.25) is 0 Å². The minimum Gasteiger partial charge on any atom is -0.478 e. The minimum absolute atomic E-state index is 0.00765. The van der Waals surface area contributed by atoms with Crippen molar-refractivity contribution in [2.24, 2.45) is 0 Å². The van der Waals surface area contributed by atoms with Crippen molar-refractivity contribution in [1.82, 2.24) is 4.90 Å². The molecule has 1 aromatic carbocycles. The van der Waals surface area contributed by atoms with Crippen molar-refractivity contribution in [1.29, 1.82) is 0 Å². The lowest BCUT2D eigenvalue weighted by Crippen LogP contribution is -2.27. The highest BCUT2D eigenvalue weighted by Gasteiger charge is 2.19. The van der Waals surface area contributed by atoms with Crippen LogP contribution in [-0.4, -0.2) is 28.9 Å². The molecule has 0 atom stereocenters. The number of rotatable bonds is 4. The van der Waals surface area contributed by atoms with Crippen LogP contribution in [0.1, 0.15) is 32.0 Å². The average molecular weight is 273 g/mol. The van der Waals surface area contributed by atoms with Gasteiger partial charge in [0.1, 0.15) is 5.76 Å². The van der Waals surface area contributed by atoms with E-state index in [9.17, 15) is 9.59 Å². The Balaban J connectivity index is 2.23. The molecule has 5 heteroatoms. The lowest BCUT2D eigenvalue weighted by atomic mass is 10.1. The first kappa shape index (κ1) is 13.9. The molecular weight excluding hydrogens is 258 g/mol. The molecule has 0 saturated heterocycles. The van der Waals surface area contributed by atoms with E-state index in [1.54, 1.807) is 31.5 Å². The van der Waals surface area contributed by atoms with E-state index in [0.717, 1.165) is 11.3 Å². The van der Waals surface area contributed by atoms with Crippen LogP contribution in [0.5, 0.6) is 0 Å². The maximum absolute atomic E-state index is 12.3. The lowest BCUT2D eigenvalue weighted by Gasteiger charge is -2.17. The topological polar surface area (TPSA) is 70.8 Å². The Bertz CT molecular complexity index is 645. The number of carboxylic acids is 1. The third-order valence-electron chi connectivity index (χ3n) is 3.11. The van der Waals surface area contributed by atoms with Gasteiger partial charge in [-0.05, 0) is 25.1 Å². The Hall–Kier alpha value is -2.56. The number of hydrogen-bond acceptors (Lipinski definition) is 3. The Labute approximate surface area is 116 Å². The van der Waals surface area contributed by atoms with Crippen LogP contribution < -0.4 is 0 Å². The summed E-state index contributed by atoms with van der Waals surface area (Å²) in [5.74, 6) is -0.693. The Morgan fingerprint density at radius 1 is 1.20 bits per heavy atom. The van der Waals surface area contributed by atoms with E-state index in [-0.39, 0.29) is 17.0 Å². The van der Waals surface area contributed by atoms with Gasteiger partial charge in [-0.25, -0.2) is 4.79 Å². The smallest absolute Gasteiger partial charge is 0.336 e. The van der Waals surface area contributed by atoms with Crippen LogP contribution in [0.4, 0.5) is 0 Å². The van der Waals surface area contributed by atoms with Crippen molar-refractivity contribution >= 4 is 11.9 Å². The second kappa shape index (κ2) is 5.61. The average Bonchev–Trinajstić information content (AvgIpc) is 2.83. The van der Waals surface area contributed by atoms with Crippen molar-refractivity contribution in [2.75, 3.05) is 7.05 Å². The molecule has 20 heavy (non-hydrogen) atoms. The highest BCUT2D eigenvalue weighted by atomic mass is 16.4.